The number of methoxy groups -OCH3 is 1. The Bertz CT molecular complexity index is 2760. The lowest BCUT2D eigenvalue weighted by Gasteiger charge is -2.22. The number of benzene rings is 1. The topological polar surface area (TPSA) is 568 Å². The highest BCUT2D eigenvalue weighted by Gasteiger charge is 2.27. The molecule has 0 aliphatic rings. The highest BCUT2D eigenvalue weighted by Crippen LogP contribution is 2.45. The summed E-state index contributed by atoms with van der Waals surface area (Å²) in [6, 6.07) is -1.06. The third-order valence-electron chi connectivity index (χ3n) is 11.2. The summed E-state index contributed by atoms with van der Waals surface area (Å²) in [6.45, 7) is 0.683. The van der Waals surface area contributed by atoms with Crippen LogP contribution in [0, 0.1) is 0 Å². The number of nitrogens with two attached hydrogens (primary N) is 5. The molecular formula is C46H70N22O13. The van der Waals surface area contributed by atoms with Gasteiger partial charge in [-0.15, -0.1) is 0 Å². The number of esters is 1. The molecule has 81 heavy (non-hydrogen) atoms. The first-order valence-electron chi connectivity index (χ1n) is 25.4. The van der Waals surface area contributed by atoms with Crippen LogP contribution in [0.15, 0.2) is 46.7 Å². The van der Waals surface area contributed by atoms with E-state index in [0.29, 0.717) is 12.8 Å². The molecule has 0 aliphatic carbocycles. The van der Waals surface area contributed by atoms with E-state index in [-0.39, 0.29) is 162 Å². The second-order valence-electron chi connectivity index (χ2n) is 17.5. The van der Waals surface area contributed by atoms with Crippen molar-refractivity contribution >= 4 is 75.9 Å². The average Bonchev–Trinajstić information content (AvgIpc) is 3.44. The van der Waals surface area contributed by atoms with E-state index < -0.39 is 84.4 Å². The average molecular weight is 1140 g/mol. The minimum atomic E-state index is -1.26. The number of unbranched alkanes of at least 4 members (excludes halogenated alkanes) is 1. The van der Waals surface area contributed by atoms with Gasteiger partial charge in [-0.1, -0.05) is 15.3 Å². The zero-order valence-electron chi connectivity index (χ0n) is 44.9. The van der Waals surface area contributed by atoms with Crippen LogP contribution in [0.1, 0.15) is 102 Å². The molecule has 1 aromatic carbocycles. The van der Waals surface area contributed by atoms with Gasteiger partial charge in [-0.05, 0) is 93.8 Å². The van der Waals surface area contributed by atoms with Crippen molar-refractivity contribution in [1.82, 2.24) is 31.9 Å². The van der Waals surface area contributed by atoms with Gasteiger partial charge < -0.3 is 79.2 Å². The van der Waals surface area contributed by atoms with Crippen molar-refractivity contribution in [3.05, 3.63) is 59.4 Å². The Morgan fingerprint density at radius 1 is 0.630 bits per heavy atom. The minimum absolute atomic E-state index is 0.0197. The number of hydrogen-bond donors (Lipinski definition) is 11. The summed E-state index contributed by atoms with van der Waals surface area (Å²) in [5.41, 5.74) is 52.6. The van der Waals surface area contributed by atoms with Crippen molar-refractivity contribution < 1.29 is 57.0 Å². The van der Waals surface area contributed by atoms with E-state index in [1.807, 2.05) is 0 Å². The molecule has 2 aromatic rings. The molecule has 442 valence electrons. The Balaban J connectivity index is 1.98. The Hall–Kier alpha value is -9.74. The standard InChI is InChI=1S/C46H70N22O13/c1-26(80-37(73)15-8-20-61-67-53)27-23-38(74)81-39-28(27)22-32(65-68-54)40(78-2)41(39)79-21-9-14-33(69)55-16-4-3-10-29(42(47)75)64-44(77)31(12-6-18-57-46(50)51)63-36(72)25-58-35(71)24-59-43(76)30(11-5-17-56-45(48)49)62-34(70)13-7-19-60-66-52/h22-23,26,29-31H,3-21,24-25H2,1-2H3,(H2,47,75)(H,55,69)(H,58,71)(H,59,76)(H,62,70)(H,63,72)(H,64,77)(H4,48,49,56)(H4,50,51,57). The maximum atomic E-state index is 13.5. The molecule has 0 radical (unpaired) electrons. The summed E-state index contributed by atoms with van der Waals surface area (Å²) in [5, 5.41) is 25.7. The molecular weight excluding hydrogens is 1070 g/mol. The van der Waals surface area contributed by atoms with Crippen molar-refractivity contribution in [2.75, 3.05) is 59.5 Å². The molecule has 35 heteroatoms. The quantitative estimate of drug-likeness (QED) is 0.00623. The predicted octanol–water partition coefficient (Wildman–Crippen LogP) is 0.253. The van der Waals surface area contributed by atoms with Gasteiger partial charge in [0.25, 0.3) is 0 Å². The van der Waals surface area contributed by atoms with Crippen molar-refractivity contribution in [2.24, 2.45) is 54.0 Å². The lowest BCUT2D eigenvalue weighted by Crippen LogP contribution is -2.54. The predicted molar refractivity (Wildman–Crippen MR) is 291 cm³/mol. The number of guanidine groups is 2. The van der Waals surface area contributed by atoms with Crippen molar-refractivity contribution in [2.45, 2.75) is 115 Å². The van der Waals surface area contributed by atoms with E-state index in [1.54, 1.807) is 0 Å². The van der Waals surface area contributed by atoms with Crippen LogP contribution in [-0.2, 0) is 43.1 Å². The fraction of sp³-hybridized carbons (Fsp3) is 0.587. The molecule has 0 aliphatic heterocycles. The Morgan fingerprint density at radius 3 is 1.83 bits per heavy atom. The number of rotatable bonds is 40. The van der Waals surface area contributed by atoms with Gasteiger partial charge in [-0.25, -0.2) is 4.79 Å². The third kappa shape index (κ3) is 26.9. The maximum absolute atomic E-state index is 13.5. The van der Waals surface area contributed by atoms with Crippen LogP contribution in [0.3, 0.4) is 0 Å². The SMILES string of the molecule is COc1c(N=[N+]=[N-])cc2c(C(C)OC(=O)CCCN=[N+]=[N-])cc(=O)oc2c1OCCCC(=O)NCCCCC(NC(=O)C(CCCN=C(N)N)NC(=O)CNC(=O)CNC(=O)C(CCCN=C(N)N)NC(=O)CCCN=[N+]=[N-])C(N)=O. The van der Waals surface area contributed by atoms with Gasteiger partial charge in [0, 0.05) is 83.7 Å². The first kappa shape index (κ1) is 67.4. The first-order chi connectivity index (χ1) is 38.7. The number of aliphatic imine (C=N–C) groups is 2. The molecule has 2 rings (SSSR count). The minimum Gasteiger partial charge on any atom is -0.492 e. The summed E-state index contributed by atoms with van der Waals surface area (Å²) in [5.74, 6) is -6.10. The molecule has 1 heterocycles. The van der Waals surface area contributed by atoms with Crippen LogP contribution < -0.4 is 75.7 Å². The fourth-order valence-electron chi connectivity index (χ4n) is 7.40. The van der Waals surface area contributed by atoms with E-state index >= 15 is 0 Å². The third-order valence-corrected chi connectivity index (χ3v) is 11.2. The van der Waals surface area contributed by atoms with Crippen LogP contribution in [0.5, 0.6) is 11.5 Å². The molecule has 1 aromatic heterocycles. The summed E-state index contributed by atoms with van der Waals surface area (Å²) in [4.78, 5) is 131. The van der Waals surface area contributed by atoms with Crippen LogP contribution in [-0.4, -0.2) is 137 Å². The van der Waals surface area contributed by atoms with Gasteiger partial charge in [0.05, 0.1) is 32.5 Å². The van der Waals surface area contributed by atoms with Crippen LogP contribution in [0.2, 0.25) is 0 Å². The van der Waals surface area contributed by atoms with Gasteiger partial charge in [0.15, 0.2) is 23.3 Å². The molecule has 4 unspecified atom stereocenters. The number of carbonyl (C=O) groups excluding carboxylic acids is 8. The molecule has 7 amide bonds. The molecule has 16 N–H and O–H groups in total. The second-order valence-corrected chi connectivity index (χ2v) is 17.5. The van der Waals surface area contributed by atoms with E-state index in [4.69, 9.17) is 58.4 Å². The number of ether oxygens (including phenoxy) is 3. The summed E-state index contributed by atoms with van der Waals surface area (Å²) in [7, 11) is 1.27. The van der Waals surface area contributed by atoms with Gasteiger partial charge in [-0.3, -0.25) is 48.3 Å². The van der Waals surface area contributed by atoms with E-state index in [2.05, 4.69) is 72.0 Å². The number of fused-ring (bicyclic) bond motifs is 1. The van der Waals surface area contributed by atoms with Gasteiger partial charge in [0.2, 0.25) is 47.1 Å². The summed E-state index contributed by atoms with van der Waals surface area (Å²) >= 11 is 0. The highest BCUT2D eigenvalue weighted by molar-refractivity contribution is 5.95. The van der Waals surface area contributed by atoms with Gasteiger partial charge in [-0.2, -0.15) is 0 Å². The zero-order chi connectivity index (χ0) is 60.1. The number of nitrogens with zero attached hydrogens (tertiary/aromatic N) is 11. The molecule has 0 bridgehead atoms. The van der Waals surface area contributed by atoms with Crippen LogP contribution >= 0.6 is 0 Å². The normalized spacial score (nSPS) is 11.9. The number of carbonyl (C=O) groups is 8. The van der Waals surface area contributed by atoms with Gasteiger partial charge >= 0.3 is 11.6 Å². The second kappa shape index (κ2) is 37.9. The summed E-state index contributed by atoms with van der Waals surface area (Å²) < 4.78 is 22.4. The van der Waals surface area contributed by atoms with E-state index in [0.717, 1.165) is 6.07 Å². The van der Waals surface area contributed by atoms with Crippen molar-refractivity contribution in [1.29, 1.82) is 0 Å². The zero-order valence-corrected chi connectivity index (χ0v) is 44.9. The largest absolute Gasteiger partial charge is 0.492 e. The number of amides is 7. The highest BCUT2D eigenvalue weighted by atomic mass is 16.5. The molecule has 0 spiro atoms. The molecule has 35 nitrogen and oxygen atoms in total. The first-order valence-corrected chi connectivity index (χ1v) is 25.4. The summed E-state index contributed by atoms with van der Waals surface area (Å²) in [6.07, 6.45) is 0.676. The molecule has 0 fully saturated rings. The number of primary amides is 1. The number of nitrogens with one attached hydrogen (secondary N) is 6. The van der Waals surface area contributed by atoms with Crippen LogP contribution in [0.4, 0.5) is 5.69 Å². The lowest BCUT2D eigenvalue weighted by atomic mass is 10.0. The van der Waals surface area contributed by atoms with Crippen molar-refractivity contribution in [3.8, 4) is 11.5 Å². The molecule has 4 atom stereocenters. The Kier molecular flexibility index (Phi) is 31.6. The number of azide groups is 3. The molecule has 0 saturated carbocycles. The van der Waals surface area contributed by atoms with Crippen molar-refractivity contribution in [3.63, 3.8) is 0 Å². The maximum Gasteiger partial charge on any atom is 0.336 e. The monoisotopic (exact) mass is 1140 g/mol. The Labute approximate surface area is 462 Å². The van der Waals surface area contributed by atoms with Crippen LogP contribution in [0.25, 0.3) is 42.3 Å². The number of hydrogen-bond acceptors (Lipinski definition) is 18. The van der Waals surface area contributed by atoms with E-state index in [1.165, 1.54) is 20.1 Å². The fourth-order valence-corrected chi connectivity index (χ4v) is 7.40. The smallest absolute Gasteiger partial charge is 0.336 e. The lowest BCUT2D eigenvalue weighted by molar-refractivity contribution is -0.148. The molecule has 0 saturated heterocycles. The van der Waals surface area contributed by atoms with E-state index in [9.17, 15) is 48.7 Å². The Morgan fingerprint density at radius 2 is 1.22 bits per heavy atom. The van der Waals surface area contributed by atoms with Gasteiger partial charge in [0.1, 0.15) is 24.2 Å².